The molecule has 1 atom stereocenters. The summed E-state index contributed by atoms with van der Waals surface area (Å²) in [4.78, 5) is 12.1. The number of rotatable bonds is 9. The van der Waals surface area contributed by atoms with Gasteiger partial charge in [-0.15, -0.1) is 0 Å². The van der Waals surface area contributed by atoms with Crippen molar-refractivity contribution >= 4 is 5.91 Å². The van der Waals surface area contributed by atoms with Gasteiger partial charge in [0.1, 0.15) is 0 Å². The molecule has 1 aromatic rings. The molecule has 0 heterocycles. The molecule has 1 unspecified atom stereocenters. The maximum atomic E-state index is 12.1. The van der Waals surface area contributed by atoms with Gasteiger partial charge in [0.25, 0.3) is 0 Å². The van der Waals surface area contributed by atoms with E-state index in [1.807, 2.05) is 25.2 Å². The van der Waals surface area contributed by atoms with Crippen LogP contribution in [-0.2, 0) is 4.79 Å². The van der Waals surface area contributed by atoms with E-state index in [1.54, 1.807) is 0 Å². The molecule has 3 nitrogen and oxygen atoms in total. The zero-order chi connectivity index (χ0) is 14.8. The van der Waals surface area contributed by atoms with Crippen molar-refractivity contribution in [3.63, 3.8) is 0 Å². The second-order valence-electron chi connectivity index (χ2n) is 5.24. The first-order chi connectivity index (χ1) is 9.72. The van der Waals surface area contributed by atoms with Crippen LogP contribution in [0.3, 0.4) is 0 Å². The van der Waals surface area contributed by atoms with Gasteiger partial charge in [0.2, 0.25) is 5.91 Å². The quantitative estimate of drug-likeness (QED) is 0.680. The lowest BCUT2D eigenvalue weighted by Crippen LogP contribution is -2.33. The van der Waals surface area contributed by atoms with Crippen LogP contribution >= 0.6 is 0 Å². The number of amides is 1. The molecule has 1 amide bonds. The van der Waals surface area contributed by atoms with E-state index in [2.05, 4.69) is 36.6 Å². The lowest BCUT2D eigenvalue weighted by atomic mass is 9.88. The fourth-order valence-electron chi connectivity index (χ4n) is 2.57. The molecule has 1 rings (SSSR count). The third-order valence-electron chi connectivity index (χ3n) is 3.83. The van der Waals surface area contributed by atoms with Crippen LogP contribution in [0.15, 0.2) is 30.3 Å². The summed E-state index contributed by atoms with van der Waals surface area (Å²) in [5.41, 5.74) is 1.21. The maximum absolute atomic E-state index is 12.1. The molecule has 1 aromatic carbocycles. The number of hydrogen-bond acceptors (Lipinski definition) is 2. The second kappa shape index (κ2) is 9.54. The van der Waals surface area contributed by atoms with Gasteiger partial charge in [0.15, 0.2) is 0 Å². The normalized spacial score (nSPS) is 12.4. The Morgan fingerprint density at radius 2 is 1.80 bits per heavy atom. The molecule has 0 aliphatic rings. The first-order valence-corrected chi connectivity index (χ1v) is 7.71. The summed E-state index contributed by atoms with van der Waals surface area (Å²) in [6.07, 6.45) is 3.62. The van der Waals surface area contributed by atoms with Crippen molar-refractivity contribution < 1.29 is 4.79 Å². The molecule has 0 saturated heterocycles. The van der Waals surface area contributed by atoms with E-state index < -0.39 is 0 Å². The van der Waals surface area contributed by atoms with E-state index in [-0.39, 0.29) is 11.9 Å². The van der Waals surface area contributed by atoms with Gasteiger partial charge in [0, 0.05) is 6.42 Å². The van der Waals surface area contributed by atoms with Gasteiger partial charge >= 0.3 is 0 Å². The Bertz CT molecular complexity index is 374. The number of benzene rings is 1. The van der Waals surface area contributed by atoms with Crippen molar-refractivity contribution in [1.29, 1.82) is 0 Å². The lowest BCUT2D eigenvalue weighted by molar-refractivity contribution is -0.122. The Morgan fingerprint density at radius 1 is 1.15 bits per heavy atom. The molecule has 0 aromatic heterocycles. The van der Waals surface area contributed by atoms with Crippen molar-refractivity contribution in [2.45, 2.75) is 45.6 Å². The highest BCUT2D eigenvalue weighted by Gasteiger charge is 2.21. The van der Waals surface area contributed by atoms with Crippen LogP contribution in [0.5, 0.6) is 0 Å². The molecule has 3 heteroatoms. The van der Waals surface area contributed by atoms with Crippen LogP contribution < -0.4 is 10.6 Å². The topological polar surface area (TPSA) is 41.1 Å². The van der Waals surface area contributed by atoms with Crippen LogP contribution in [0.2, 0.25) is 0 Å². The summed E-state index contributed by atoms with van der Waals surface area (Å²) in [7, 11) is 1.91. The highest BCUT2D eigenvalue weighted by molar-refractivity contribution is 5.76. The van der Waals surface area contributed by atoms with Gasteiger partial charge in [-0.1, -0.05) is 57.0 Å². The largest absolute Gasteiger partial charge is 0.349 e. The van der Waals surface area contributed by atoms with Crippen LogP contribution in [0.1, 0.15) is 51.1 Å². The molecule has 0 aliphatic carbocycles. The number of hydrogen-bond donors (Lipinski definition) is 2. The summed E-state index contributed by atoms with van der Waals surface area (Å²) in [6.45, 7) is 5.27. The molecule has 0 spiro atoms. The van der Waals surface area contributed by atoms with Crippen LogP contribution in [0.25, 0.3) is 0 Å². The Balaban J connectivity index is 2.71. The molecular weight excluding hydrogens is 248 g/mol. The first-order valence-electron chi connectivity index (χ1n) is 7.71. The Kier molecular flexibility index (Phi) is 7.97. The zero-order valence-corrected chi connectivity index (χ0v) is 13.0. The lowest BCUT2D eigenvalue weighted by Gasteiger charge is -2.27. The van der Waals surface area contributed by atoms with E-state index in [4.69, 9.17) is 0 Å². The van der Waals surface area contributed by atoms with E-state index in [0.29, 0.717) is 12.3 Å². The van der Waals surface area contributed by atoms with Crippen LogP contribution in [0.4, 0.5) is 0 Å². The van der Waals surface area contributed by atoms with Crippen molar-refractivity contribution in [2.24, 2.45) is 5.92 Å². The third kappa shape index (κ3) is 5.33. The standard InChI is InChI=1S/C17H28N2O/c1-4-14(5-2)17(15-10-7-6-8-11-15)19-16(20)12-9-13-18-3/h6-8,10-11,14,17-18H,4-5,9,12-13H2,1-3H3,(H,19,20). The van der Waals surface area contributed by atoms with Crippen molar-refractivity contribution in [3.05, 3.63) is 35.9 Å². The predicted molar refractivity (Wildman–Crippen MR) is 84.6 cm³/mol. The van der Waals surface area contributed by atoms with Gasteiger partial charge in [-0.25, -0.2) is 0 Å². The molecule has 2 N–H and O–H groups in total. The van der Waals surface area contributed by atoms with Crippen LogP contribution in [-0.4, -0.2) is 19.5 Å². The molecule has 112 valence electrons. The molecule has 20 heavy (non-hydrogen) atoms. The minimum Gasteiger partial charge on any atom is -0.349 e. The smallest absolute Gasteiger partial charge is 0.220 e. The average molecular weight is 276 g/mol. The average Bonchev–Trinajstić information content (AvgIpc) is 2.48. The Morgan fingerprint density at radius 3 is 2.35 bits per heavy atom. The first kappa shape index (κ1) is 16.7. The van der Waals surface area contributed by atoms with E-state index in [0.717, 1.165) is 25.8 Å². The molecule has 0 fully saturated rings. The van der Waals surface area contributed by atoms with Crippen molar-refractivity contribution in [1.82, 2.24) is 10.6 Å². The van der Waals surface area contributed by atoms with Gasteiger partial charge in [-0.05, 0) is 31.5 Å². The summed E-state index contributed by atoms with van der Waals surface area (Å²) in [5, 5.41) is 6.30. The molecular formula is C17H28N2O. The number of carbonyl (C=O) groups is 1. The van der Waals surface area contributed by atoms with Gasteiger partial charge in [-0.3, -0.25) is 4.79 Å². The summed E-state index contributed by atoms with van der Waals surface area (Å²) >= 11 is 0. The molecule has 0 radical (unpaired) electrons. The summed E-state index contributed by atoms with van der Waals surface area (Å²) in [5.74, 6) is 0.645. The minimum atomic E-state index is 0.133. The van der Waals surface area contributed by atoms with Crippen molar-refractivity contribution in [3.8, 4) is 0 Å². The third-order valence-corrected chi connectivity index (χ3v) is 3.83. The molecule has 0 aliphatic heterocycles. The monoisotopic (exact) mass is 276 g/mol. The second-order valence-corrected chi connectivity index (χ2v) is 5.24. The maximum Gasteiger partial charge on any atom is 0.220 e. The predicted octanol–water partition coefficient (Wildman–Crippen LogP) is 3.28. The number of carbonyl (C=O) groups excluding carboxylic acids is 1. The number of nitrogens with one attached hydrogen (secondary N) is 2. The summed E-state index contributed by atoms with van der Waals surface area (Å²) < 4.78 is 0. The van der Waals surface area contributed by atoms with Gasteiger partial charge < -0.3 is 10.6 Å². The zero-order valence-electron chi connectivity index (χ0n) is 13.0. The minimum absolute atomic E-state index is 0.133. The Hall–Kier alpha value is -1.35. The van der Waals surface area contributed by atoms with Gasteiger partial charge in [-0.2, -0.15) is 0 Å². The fourth-order valence-corrected chi connectivity index (χ4v) is 2.57. The highest BCUT2D eigenvalue weighted by Crippen LogP contribution is 2.27. The van der Waals surface area contributed by atoms with Crippen LogP contribution in [0, 0.1) is 5.92 Å². The summed E-state index contributed by atoms with van der Waals surface area (Å²) in [6, 6.07) is 10.4. The van der Waals surface area contributed by atoms with E-state index >= 15 is 0 Å². The highest BCUT2D eigenvalue weighted by atomic mass is 16.1. The molecule has 0 bridgehead atoms. The molecule has 0 saturated carbocycles. The van der Waals surface area contributed by atoms with E-state index in [9.17, 15) is 4.79 Å². The van der Waals surface area contributed by atoms with Crippen molar-refractivity contribution in [2.75, 3.05) is 13.6 Å². The SMILES string of the molecule is CCC(CC)C(NC(=O)CCCNC)c1ccccc1. The Labute approximate surface area is 123 Å². The van der Waals surface area contributed by atoms with Gasteiger partial charge in [0.05, 0.1) is 6.04 Å². The fraction of sp³-hybridized carbons (Fsp3) is 0.588. The van der Waals surface area contributed by atoms with E-state index in [1.165, 1.54) is 5.56 Å².